The Morgan fingerprint density at radius 2 is 2.06 bits per heavy atom. The zero-order valence-corrected chi connectivity index (χ0v) is 19.7. The first-order chi connectivity index (χ1) is 16.2. The summed E-state index contributed by atoms with van der Waals surface area (Å²) < 4.78 is 0. The summed E-state index contributed by atoms with van der Waals surface area (Å²) in [4.78, 5) is 13.4. The first kappa shape index (κ1) is 23.2. The van der Waals surface area contributed by atoms with E-state index >= 15 is 0 Å². The van der Waals surface area contributed by atoms with Gasteiger partial charge >= 0.3 is 0 Å². The molecule has 0 spiro atoms. The number of hydrogen-bond acceptors (Lipinski definition) is 7. The summed E-state index contributed by atoms with van der Waals surface area (Å²) in [6, 6.07) is 8.30. The normalized spacial score (nSPS) is 19.1. The minimum atomic E-state index is 0.0818. The van der Waals surface area contributed by atoms with Gasteiger partial charge in [0.25, 0.3) is 0 Å². The number of pyridine rings is 1. The lowest BCUT2D eigenvalue weighted by Crippen LogP contribution is -2.46. The average Bonchev–Trinajstić information content (AvgIpc) is 2.85. The molecule has 4 rings (SSSR count). The molecule has 7 nitrogen and oxygen atoms in total. The standard InChI is InChI=1S/C26H35N7/c1-4-21-8-9-28-17-23(21)22-5-6-24(27-2)25(16-22)30-19-31-26-15-20(7-10-29-26)18-33-13-11-32(3)12-14-33/h5-10,15-17,26,29-31H,2,4,11-14,18-19H2,1,3H3. The van der Waals surface area contributed by atoms with E-state index in [1.165, 1.54) is 11.1 Å². The smallest absolute Gasteiger partial charge is 0.0976 e. The van der Waals surface area contributed by atoms with E-state index in [-0.39, 0.29) is 6.17 Å². The molecule has 1 saturated heterocycles. The van der Waals surface area contributed by atoms with Crippen LogP contribution in [0.15, 0.2) is 65.6 Å². The topological polar surface area (TPSA) is 67.8 Å². The van der Waals surface area contributed by atoms with Gasteiger partial charge in [-0.3, -0.25) is 20.2 Å². The first-order valence-corrected chi connectivity index (χ1v) is 11.7. The number of aromatic nitrogens is 1. The van der Waals surface area contributed by atoms with Crippen LogP contribution in [-0.4, -0.2) is 74.1 Å². The second-order valence-electron chi connectivity index (χ2n) is 8.63. The third-order valence-corrected chi connectivity index (χ3v) is 6.33. The molecule has 1 aromatic heterocycles. The summed E-state index contributed by atoms with van der Waals surface area (Å²) in [5.41, 5.74) is 6.70. The van der Waals surface area contributed by atoms with Crippen LogP contribution in [0.1, 0.15) is 12.5 Å². The molecule has 1 unspecified atom stereocenters. The lowest BCUT2D eigenvalue weighted by atomic mass is 9.99. The van der Waals surface area contributed by atoms with Crippen molar-refractivity contribution < 1.29 is 0 Å². The molecule has 1 fully saturated rings. The molecule has 3 heterocycles. The molecular formula is C26H35N7. The van der Waals surface area contributed by atoms with Gasteiger partial charge in [-0.05, 0) is 73.4 Å². The highest BCUT2D eigenvalue weighted by Gasteiger charge is 2.16. The zero-order valence-electron chi connectivity index (χ0n) is 19.7. The fraction of sp³-hybridized carbons (Fsp3) is 0.385. The zero-order chi connectivity index (χ0) is 23.0. The highest BCUT2D eigenvalue weighted by molar-refractivity contribution is 5.77. The molecule has 0 aliphatic carbocycles. The molecule has 7 heteroatoms. The number of nitrogens with zero attached hydrogens (tertiary/aromatic N) is 4. The molecule has 0 amide bonds. The van der Waals surface area contributed by atoms with Gasteiger partial charge in [-0.1, -0.05) is 13.0 Å². The summed E-state index contributed by atoms with van der Waals surface area (Å²) in [5, 5.41) is 10.4. The van der Waals surface area contributed by atoms with Crippen molar-refractivity contribution in [1.82, 2.24) is 25.4 Å². The van der Waals surface area contributed by atoms with Crippen LogP contribution >= 0.6 is 0 Å². The average molecular weight is 446 g/mol. The first-order valence-electron chi connectivity index (χ1n) is 11.7. The van der Waals surface area contributed by atoms with Crippen molar-refractivity contribution in [2.45, 2.75) is 19.5 Å². The Kier molecular flexibility index (Phi) is 7.88. The monoisotopic (exact) mass is 445 g/mol. The summed E-state index contributed by atoms with van der Waals surface area (Å²) in [5.74, 6) is 0. The van der Waals surface area contributed by atoms with E-state index in [1.54, 1.807) is 0 Å². The lowest BCUT2D eigenvalue weighted by Gasteiger charge is -2.33. The summed E-state index contributed by atoms with van der Waals surface area (Å²) in [6.07, 6.45) is 11.3. The molecule has 0 bridgehead atoms. The van der Waals surface area contributed by atoms with Crippen LogP contribution in [0.25, 0.3) is 11.1 Å². The number of nitrogens with one attached hydrogen (secondary N) is 3. The molecule has 1 aromatic carbocycles. The Hall–Kier alpha value is -3.00. The predicted molar refractivity (Wildman–Crippen MR) is 138 cm³/mol. The number of hydrogen-bond donors (Lipinski definition) is 3. The molecule has 1 atom stereocenters. The maximum Gasteiger partial charge on any atom is 0.0976 e. The van der Waals surface area contributed by atoms with Crippen LogP contribution < -0.4 is 16.0 Å². The minimum absolute atomic E-state index is 0.0818. The Morgan fingerprint density at radius 3 is 2.85 bits per heavy atom. The molecule has 0 saturated carbocycles. The second kappa shape index (κ2) is 11.2. The van der Waals surface area contributed by atoms with Crippen LogP contribution in [0.3, 0.4) is 0 Å². The Bertz CT molecular complexity index is 1010. The Morgan fingerprint density at radius 1 is 1.21 bits per heavy atom. The molecular weight excluding hydrogens is 410 g/mol. The molecule has 2 aliphatic heterocycles. The molecule has 33 heavy (non-hydrogen) atoms. The van der Waals surface area contributed by atoms with Gasteiger partial charge in [0, 0.05) is 50.7 Å². The van der Waals surface area contributed by atoms with Crippen LogP contribution in [0.4, 0.5) is 11.4 Å². The number of rotatable bonds is 9. The SMILES string of the molecule is C=Nc1ccc(-c2cnccc2CC)cc1NCNC1C=C(CN2CCN(C)CC2)C=CN1. The van der Waals surface area contributed by atoms with Crippen molar-refractivity contribution in [1.29, 1.82) is 0 Å². The number of dihydropyridines is 1. The minimum Gasteiger partial charge on any atom is -0.372 e. The highest BCUT2D eigenvalue weighted by Crippen LogP contribution is 2.32. The van der Waals surface area contributed by atoms with Crippen molar-refractivity contribution in [2.24, 2.45) is 4.99 Å². The van der Waals surface area contributed by atoms with Gasteiger partial charge < -0.3 is 15.5 Å². The summed E-state index contributed by atoms with van der Waals surface area (Å²) in [7, 11) is 2.19. The number of aliphatic imine (C=N–C) groups is 1. The number of aryl methyl sites for hydroxylation is 1. The second-order valence-corrected chi connectivity index (χ2v) is 8.63. The van der Waals surface area contributed by atoms with Crippen molar-refractivity contribution >= 4 is 18.1 Å². The van der Waals surface area contributed by atoms with Gasteiger partial charge in [-0.25, -0.2) is 0 Å². The van der Waals surface area contributed by atoms with E-state index in [2.05, 4.69) is 86.8 Å². The van der Waals surface area contributed by atoms with E-state index in [1.807, 2.05) is 24.7 Å². The Labute approximate surface area is 197 Å². The fourth-order valence-electron chi connectivity index (χ4n) is 4.29. The van der Waals surface area contributed by atoms with Gasteiger partial charge in [-0.15, -0.1) is 0 Å². The quantitative estimate of drug-likeness (QED) is 0.407. The molecule has 2 aliphatic rings. The number of anilines is 1. The molecule has 0 radical (unpaired) electrons. The number of benzene rings is 1. The van der Waals surface area contributed by atoms with E-state index in [4.69, 9.17) is 0 Å². The van der Waals surface area contributed by atoms with Gasteiger partial charge in [0.15, 0.2) is 0 Å². The van der Waals surface area contributed by atoms with Crippen molar-refractivity contribution in [2.75, 3.05) is 51.8 Å². The van der Waals surface area contributed by atoms with E-state index in [9.17, 15) is 0 Å². The van der Waals surface area contributed by atoms with Crippen molar-refractivity contribution in [3.05, 3.63) is 66.1 Å². The molecule has 174 valence electrons. The summed E-state index contributed by atoms with van der Waals surface area (Å²) in [6.45, 7) is 12.0. The fourth-order valence-corrected chi connectivity index (χ4v) is 4.29. The van der Waals surface area contributed by atoms with E-state index in [0.29, 0.717) is 6.67 Å². The van der Waals surface area contributed by atoms with Crippen molar-refractivity contribution in [3.63, 3.8) is 0 Å². The van der Waals surface area contributed by atoms with Gasteiger partial charge in [0.2, 0.25) is 0 Å². The highest BCUT2D eigenvalue weighted by atomic mass is 15.2. The molecule has 2 aromatic rings. The predicted octanol–water partition coefficient (Wildman–Crippen LogP) is 3.22. The number of piperazine rings is 1. The maximum absolute atomic E-state index is 4.32. The summed E-state index contributed by atoms with van der Waals surface area (Å²) >= 11 is 0. The van der Waals surface area contributed by atoms with Gasteiger partial charge in [-0.2, -0.15) is 0 Å². The maximum atomic E-state index is 4.32. The van der Waals surface area contributed by atoms with Crippen LogP contribution in [0.2, 0.25) is 0 Å². The third kappa shape index (κ3) is 6.07. The van der Waals surface area contributed by atoms with Crippen LogP contribution in [0, 0.1) is 0 Å². The van der Waals surface area contributed by atoms with Crippen molar-refractivity contribution in [3.8, 4) is 11.1 Å². The lowest BCUT2D eigenvalue weighted by molar-refractivity contribution is 0.164. The third-order valence-electron chi connectivity index (χ3n) is 6.33. The van der Waals surface area contributed by atoms with Crippen LogP contribution in [0.5, 0.6) is 0 Å². The molecule has 3 N–H and O–H groups in total. The Balaban J connectivity index is 1.37. The van der Waals surface area contributed by atoms with Gasteiger partial charge in [0.1, 0.15) is 0 Å². The van der Waals surface area contributed by atoms with Gasteiger partial charge in [0.05, 0.1) is 24.2 Å². The van der Waals surface area contributed by atoms with Crippen LogP contribution in [-0.2, 0) is 6.42 Å². The van der Waals surface area contributed by atoms with E-state index in [0.717, 1.165) is 61.6 Å². The largest absolute Gasteiger partial charge is 0.372 e. The van der Waals surface area contributed by atoms with E-state index < -0.39 is 0 Å². The number of likely N-dealkylation sites (N-methyl/N-ethyl adjacent to an activating group) is 1.